The lowest BCUT2D eigenvalue weighted by atomic mass is 10.1. The molecule has 1 aromatic carbocycles. The van der Waals surface area contributed by atoms with Crippen LogP contribution in [0.3, 0.4) is 0 Å². The lowest BCUT2D eigenvalue weighted by Gasteiger charge is -2.19. The number of aromatic nitrogens is 2. The van der Waals surface area contributed by atoms with Crippen LogP contribution >= 0.6 is 11.3 Å². The average Bonchev–Trinajstić information content (AvgIpc) is 3.39. The Hall–Kier alpha value is -3.52. The van der Waals surface area contributed by atoms with Crippen LogP contribution in [-0.2, 0) is 11.3 Å². The standard InChI is InChI=1S/C23H22N6OS/c24-8-7-21-28-22(26-12-17-11-25-14-31-17)10-23(29-21)30-13-16-9-18(16)20-6-5-15-3-1-2-4-19(15)27-20/h1-8,10-11,14,16,18,24,26,28H,9,12-13H2/b21-7+,24-8?/t16-,18+/m1/s1. The van der Waals surface area contributed by atoms with Gasteiger partial charge >= 0.3 is 0 Å². The molecule has 3 heterocycles. The van der Waals surface area contributed by atoms with E-state index >= 15 is 0 Å². The number of rotatable bonds is 7. The van der Waals surface area contributed by atoms with Gasteiger partial charge in [0.2, 0.25) is 5.90 Å². The SMILES string of the molecule is N=C/C=C1/N=C(OC[C@H]2C[C@@H]2c2ccc3ccccc3n2)C=C(NCc2cncs2)N1. The van der Waals surface area contributed by atoms with E-state index in [0.29, 0.717) is 36.7 Å². The Labute approximate surface area is 184 Å². The predicted molar refractivity (Wildman–Crippen MR) is 123 cm³/mol. The predicted octanol–water partition coefficient (Wildman–Crippen LogP) is 3.94. The number of fused-ring (bicyclic) bond motifs is 1. The molecule has 1 aliphatic carbocycles. The van der Waals surface area contributed by atoms with Gasteiger partial charge in [-0.25, -0.2) is 0 Å². The third kappa shape index (κ3) is 4.64. The van der Waals surface area contributed by atoms with Gasteiger partial charge in [0.1, 0.15) is 11.6 Å². The number of para-hydroxylation sites is 1. The van der Waals surface area contributed by atoms with Crippen molar-refractivity contribution in [2.24, 2.45) is 10.9 Å². The first kappa shape index (κ1) is 19.4. The molecule has 0 bridgehead atoms. The summed E-state index contributed by atoms with van der Waals surface area (Å²) in [4.78, 5) is 14.5. The number of hydrogen-bond acceptors (Lipinski definition) is 8. The van der Waals surface area contributed by atoms with Gasteiger partial charge in [-0.15, -0.1) is 11.3 Å². The number of thiazole rings is 1. The van der Waals surface area contributed by atoms with Crippen LogP contribution in [0, 0.1) is 11.3 Å². The summed E-state index contributed by atoms with van der Waals surface area (Å²) < 4.78 is 6.03. The topological polar surface area (TPSA) is 95.3 Å². The highest BCUT2D eigenvalue weighted by Gasteiger charge is 2.40. The molecule has 7 nitrogen and oxygen atoms in total. The summed E-state index contributed by atoms with van der Waals surface area (Å²) in [5.74, 6) is 2.76. The van der Waals surface area contributed by atoms with Crippen molar-refractivity contribution in [1.82, 2.24) is 20.6 Å². The van der Waals surface area contributed by atoms with Gasteiger partial charge in [-0.2, -0.15) is 4.99 Å². The molecule has 0 saturated heterocycles. The summed E-state index contributed by atoms with van der Waals surface area (Å²) in [6.45, 7) is 1.25. The molecule has 0 radical (unpaired) electrons. The van der Waals surface area contributed by atoms with Crippen molar-refractivity contribution in [2.75, 3.05) is 6.61 Å². The van der Waals surface area contributed by atoms with Crippen LogP contribution in [0.25, 0.3) is 10.9 Å². The number of pyridine rings is 1. The van der Waals surface area contributed by atoms with E-state index in [0.717, 1.165) is 33.7 Å². The van der Waals surface area contributed by atoms with Gasteiger partial charge in [0, 0.05) is 46.3 Å². The van der Waals surface area contributed by atoms with E-state index < -0.39 is 0 Å². The van der Waals surface area contributed by atoms with Crippen molar-refractivity contribution >= 4 is 34.4 Å². The van der Waals surface area contributed by atoms with Crippen LogP contribution in [0.2, 0.25) is 0 Å². The molecule has 0 amide bonds. The number of allylic oxidation sites excluding steroid dienone is 1. The fourth-order valence-electron chi connectivity index (χ4n) is 3.59. The second-order valence-electron chi connectivity index (χ2n) is 7.52. The summed E-state index contributed by atoms with van der Waals surface area (Å²) >= 11 is 1.60. The quantitative estimate of drug-likeness (QED) is 0.494. The minimum atomic E-state index is 0.427. The van der Waals surface area contributed by atoms with E-state index in [1.54, 1.807) is 17.4 Å². The van der Waals surface area contributed by atoms with E-state index in [-0.39, 0.29) is 0 Å². The first-order valence-electron chi connectivity index (χ1n) is 10.2. The number of nitrogens with zero attached hydrogens (tertiary/aromatic N) is 3. The molecule has 1 saturated carbocycles. The Morgan fingerprint density at radius 1 is 1.26 bits per heavy atom. The number of aliphatic imine (C=N–C) groups is 1. The first-order valence-corrected chi connectivity index (χ1v) is 11.0. The molecule has 5 rings (SSSR count). The van der Waals surface area contributed by atoms with Gasteiger partial charge in [-0.05, 0) is 24.6 Å². The maximum Gasteiger partial charge on any atom is 0.218 e. The molecule has 8 heteroatoms. The Balaban J connectivity index is 1.22. The third-order valence-electron chi connectivity index (χ3n) is 5.31. The van der Waals surface area contributed by atoms with Crippen LogP contribution in [0.1, 0.15) is 22.9 Å². The highest BCUT2D eigenvalue weighted by atomic mass is 32.1. The molecule has 1 fully saturated rings. The van der Waals surface area contributed by atoms with Gasteiger partial charge in [0.15, 0.2) is 0 Å². The third-order valence-corrected chi connectivity index (χ3v) is 6.09. The molecule has 156 valence electrons. The second kappa shape index (κ2) is 8.69. The molecule has 0 spiro atoms. The van der Waals surface area contributed by atoms with E-state index in [1.165, 1.54) is 6.21 Å². The first-order chi connectivity index (χ1) is 15.3. The summed E-state index contributed by atoms with van der Waals surface area (Å²) in [5.41, 5.74) is 3.98. The highest BCUT2D eigenvalue weighted by Crippen LogP contribution is 2.47. The largest absolute Gasteiger partial charge is 0.477 e. The Morgan fingerprint density at radius 2 is 2.19 bits per heavy atom. The number of hydrogen-bond donors (Lipinski definition) is 3. The fourth-order valence-corrected chi connectivity index (χ4v) is 4.12. The van der Waals surface area contributed by atoms with Crippen LogP contribution < -0.4 is 10.6 Å². The van der Waals surface area contributed by atoms with Gasteiger partial charge in [0.05, 0.1) is 24.2 Å². The Bertz CT molecular complexity index is 1180. The lowest BCUT2D eigenvalue weighted by Crippen LogP contribution is -2.30. The van der Waals surface area contributed by atoms with Gasteiger partial charge in [-0.1, -0.05) is 24.3 Å². The van der Waals surface area contributed by atoms with Crippen molar-refractivity contribution in [1.29, 1.82) is 5.41 Å². The molecule has 2 atom stereocenters. The van der Waals surface area contributed by atoms with Crippen molar-refractivity contribution in [3.63, 3.8) is 0 Å². The van der Waals surface area contributed by atoms with Crippen LogP contribution in [0.5, 0.6) is 0 Å². The molecule has 1 aliphatic heterocycles. The van der Waals surface area contributed by atoms with Gasteiger partial charge in [-0.3, -0.25) is 9.97 Å². The highest BCUT2D eigenvalue weighted by molar-refractivity contribution is 7.09. The van der Waals surface area contributed by atoms with Crippen LogP contribution in [0.15, 0.2) is 76.9 Å². The Morgan fingerprint density at radius 3 is 3.06 bits per heavy atom. The molecule has 3 N–H and O–H groups in total. The van der Waals surface area contributed by atoms with E-state index in [2.05, 4.69) is 44.9 Å². The van der Waals surface area contributed by atoms with Crippen LogP contribution in [0.4, 0.5) is 0 Å². The van der Waals surface area contributed by atoms with Gasteiger partial charge in [0.25, 0.3) is 0 Å². The molecular weight excluding hydrogens is 408 g/mol. The summed E-state index contributed by atoms with van der Waals surface area (Å²) in [5, 5.41) is 15.0. The zero-order valence-corrected chi connectivity index (χ0v) is 17.6. The molecule has 2 aromatic heterocycles. The van der Waals surface area contributed by atoms with Crippen molar-refractivity contribution in [3.8, 4) is 0 Å². The van der Waals surface area contributed by atoms with Crippen molar-refractivity contribution in [3.05, 3.63) is 82.5 Å². The maximum absolute atomic E-state index is 7.34. The van der Waals surface area contributed by atoms with Crippen molar-refractivity contribution < 1.29 is 4.74 Å². The minimum Gasteiger partial charge on any atom is -0.477 e. The minimum absolute atomic E-state index is 0.427. The molecule has 0 unspecified atom stereocenters. The summed E-state index contributed by atoms with van der Waals surface area (Å²) in [7, 11) is 0. The zero-order valence-electron chi connectivity index (χ0n) is 16.8. The van der Waals surface area contributed by atoms with Gasteiger partial charge < -0.3 is 20.8 Å². The molecular formula is C23H22N6OS. The molecule has 3 aromatic rings. The monoisotopic (exact) mass is 430 g/mol. The average molecular weight is 431 g/mol. The van der Waals surface area contributed by atoms with E-state index in [1.807, 2.05) is 29.9 Å². The van der Waals surface area contributed by atoms with Crippen LogP contribution in [-0.4, -0.2) is 28.7 Å². The smallest absolute Gasteiger partial charge is 0.218 e. The number of nitrogens with one attached hydrogen (secondary N) is 3. The zero-order chi connectivity index (χ0) is 21.0. The fraction of sp³-hybridized carbons (Fsp3) is 0.217. The number of benzene rings is 1. The lowest BCUT2D eigenvalue weighted by molar-refractivity contribution is 0.284. The maximum atomic E-state index is 7.34. The van der Waals surface area contributed by atoms with E-state index in [4.69, 9.17) is 15.1 Å². The van der Waals surface area contributed by atoms with Crippen molar-refractivity contribution in [2.45, 2.75) is 18.9 Å². The summed E-state index contributed by atoms with van der Waals surface area (Å²) in [6, 6.07) is 12.5. The molecule has 2 aliphatic rings. The Kier molecular flexibility index (Phi) is 5.45. The second-order valence-corrected chi connectivity index (χ2v) is 8.49. The molecule has 31 heavy (non-hydrogen) atoms. The van der Waals surface area contributed by atoms with E-state index in [9.17, 15) is 0 Å². The number of ether oxygens (including phenoxy) is 1. The normalized spacial score (nSPS) is 21.2. The summed E-state index contributed by atoms with van der Waals surface area (Å²) in [6.07, 6.45) is 7.57.